The summed E-state index contributed by atoms with van der Waals surface area (Å²) in [6.45, 7) is 2.31. The van der Waals surface area contributed by atoms with Crippen LogP contribution in [0.4, 0.5) is 5.95 Å². The van der Waals surface area contributed by atoms with Crippen molar-refractivity contribution in [1.29, 1.82) is 0 Å². The second-order valence-corrected chi connectivity index (χ2v) is 7.14. The molecule has 0 spiro atoms. The quantitative estimate of drug-likeness (QED) is 0.595. The number of ether oxygens (including phenoxy) is 1. The Labute approximate surface area is 168 Å². The number of carbonyl (C=O) groups is 1. The monoisotopic (exact) mass is 395 g/mol. The third-order valence-corrected chi connectivity index (χ3v) is 5.13. The maximum Gasteiger partial charge on any atom is 0.243 e. The lowest BCUT2D eigenvalue weighted by molar-refractivity contribution is -0.124. The number of amides is 1. The number of anilines is 1. The highest BCUT2D eigenvalue weighted by Gasteiger charge is 2.25. The molecule has 3 aromatic rings. The largest absolute Gasteiger partial charge is 0.368 e. The molecule has 1 amide bonds. The zero-order valence-electron chi connectivity index (χ0n) is 16.2. The van der Waals surface area contributed by atoms with Crippen LogP contribution in [0.1, 0.15) is 18.4 Å². The Hall–Kier alpha value is -3.20. The van der Waals surface area contributed by atoms with Crippen LogP contribution in [-0.2, 0) is 22.5 Å². The number of aryl methyl sites for hydroxylation is 1. The van der Waals surface area contributed by atoms with Gasteiger partial charge in [0.1, 0.15) is 12.3 Å². The van der Waals surface area contributed by atoms with Gasteiger partial charge in [-0.25, -0.2) is 0 Å². The van der Waals surface area contributed by atoms with Gasteiger partial charge in [0.15, 0.2) is 5.82 Å². The van der Waals surface area contributed by atoms with E-state index in [9.17, 15) is 4.79 Å². The highest BCUT2D eigenvalue weighted by atomic mass is 16.5. The molecule has 1 aliphatic rings. The molecule has 0 radical (unpaired) electrons. The van der Waals surface area contributed by atoms with Crippen LogP contribution in [-0.4, -0.2) is 56.7 Å². The summed E-state index contributed by atoms with van der Waals surface area (Å²) in [5, 5.41) is 16.0. The molecule has 152 valence electrons. The number of hydrogen-bond donors (Lipinski definition) is 2. The fourth-order valence-electron chi connectivity index (χ4n) is 3.62. The molecule has 0 bridgehead atoms. The van der Waals surface area contributed by atoms with E-state index in [-0.39, 0.29) is 12.7 Å². The Bertz CT molecular complexity index is 916. The molecule has 0 unspecified atom stereocenters. The standard InChI is InChI=1S/C20H25N7O2/c21-18(28)14-29-16-8-11-26(12-9-16)20-25-24-19(17-6-10-22-23-17)27(20)13-7-15-4-2-1-3-5-15/h1-6,10,16H,7-9,11-14H2,(H2,21,28)(H,22,23). The van der Waals surface area contributed by atoms with Crippen molar-refractivity contribution in [3.05, 3.63) is 48.2 Å². The molecule has 0 aliphatic carbocycles. The van der Waals surface area contributed by atoms with Crippen molar-refractivity contribution in [2.75, 3.05) is 24.6 Å². The van der Waals surface area contributed by atoms with Gasteiger partial charge < -0.3 is 15.4 Å². The molecule has 1 saturated heterocycles. The Morgan fingerprint density at radius 2 is 1.97 bits per heavy atom. The number of rotatable bonds is 8. The first-order valence-electron chi connectivity index (χ1n) is 9.82. The molecule has 0 saturated carbocycles. The molecule has 1 aromatic carbocycles. The van der Waals surface area contributed by atoms with Gasteiger partial charge in [0.05, 0.1) is 6.10 Å². The zero-order chi connectivity index (χ0) is 20.1. The molecule has 3 heterocycles. The highest BCUT2D eigenvalue weighted by molar-refractivity contribution is 5.75. The average molecular weight is 395 g/mol. The van der Waals surface area contributed by atoms with Crippen LogP contribution >= 0.6 is 0 Å². The molecule has 4 rings (SSSR count). The van der Waals surface area contributed by atoms with Crippen LogP contribution in [0.3, 0.4) is 0 Å². The third-order valence-electron chi connectivity index (χ3n) is 5.13. The van der Waals surface area contributed by atoms with E-state index in [1.165, 1.54) is 5.56 Å². The lowest BCUT2D eigenvalue weighted by atomic mass is 10.1. The van der Waals surface area contributed by atoms with E-state index in [1.54, 1.807) is 6.20 Å². The molecule has 1 fully saturated rings. The topological polar surface area (TPSA) is 115 Å². The molecular weight excluding hydrogens is 370 g/mol. The SMILES string of the molecule is NC(=O)COC1CCN(c2nnc(-c3ccn[nH]3)n2CCc2ccccc2)CC1. The Morgan fingerprint density at radius 1 is 1.17 bits per heavy atom. The number of H-pyrrole nitrogens is 1. The maximum absolute atomic E-state index is 10.9. The van der Waals surface area contributed by atoms with Crippen molar-refractivity contribution in [3.63, 3.8) is 0 Å². The van der Waals surface area contributed by atoms with E-state index in [4.69, 9.17) is 10.5 Å². The number of benzene rings is 1. The fraction of sp³-hybridized carbons (Fsp3) is 0.400. The molecular formula is C20H25N7O2. The molecule has 0 atom stereocenters. The molecule has 29 heavy (non-hydrogen) atoms. The summed E-state index contributed by atoms with van der Waals surface area (Å²) in [4.78, 5) is 13.2. The van der Waals surface area contributed by atoms with Crippen LogP contribution < -0.4 is 10.6 Å². The van der Waals surface area contributed by atoms with Gasteiger partial charge in [-0.1, -0.05) is 30.3 Å². The summed E-state index contributed by atoms with van der Waals surface area (Å²) < 4.78 is 7.71. The Morgan fingerprint density at radius 3 is 2.66 bits per heavy atom. The van der Waals surface area contributed by atoms with Crippen molar-refractivity contribution >= 4 is 11.9 Å². The summed E-state index contributed by atoms with van der Waals surface area (Å²) >= 11 is 0. The van der Waals surface area contributed by atoms with E-state index in [2.05, 4.69) is 54.1 Å². The van der Waals surface area contributed by atoms with Crippen LogP contribution in [0.15, 0.2) is 42.6 Å². The van der Waals surface area contributed by atoms with Crippen molar-refractivity contribution in [1.82, 2.24) is 25.0 Å². The minimum Gasteiger partial charge on any atom is -0.368 e. The number of nitrogens with one attached hydrogen (secondary N) is 1. The second kappa shape index (κ2) is 8.87. The molecule has 2 aromatic heterocycles. The van der Waals surface area contributed by atoms with E-state index < -0.39 is 5.91 Å². The fourth-order valence-corrected chi connectivity index (χ4v) is 3.62. The van der Waals surface area contributed by atoms with Gasteiger partial charge in [-0.3, -0.25) is 14.5 Å². The number of aromatic nitrogens is 5. The number of hydrogen-bond acceptors (Lipinski definition) is 6. The number of nitrogens with zero attached hydrogens (tertiary/aromatic N) is 5. The van der Waals surface area contributed by atoms with E-state index in [0.29, 0.717) is 0 Å². The van der Waals surface area contributed by atoms with Crippen molar-refractivity contribution < 1.29 is 9.53 Å². The molecule has 1 aliphatic heterocycles. The van der Waals surface area contributed by atoms with Crippen molar-refractivity contribution in [2.45, 2.75) is 31.9 Å². The summed E-state index contributed by atoms with van der Waals surface area (Å²) in [5.74, 6) is 1.19. The van der Waals surface area contributed by atoms with E-state index in [1.807, 2.05) is 12.1 Å². The summed E-state index contributed by atoms with van der Waals surface area (Å²) in [6.07, 6.45) is 4.28. The van der Waals surface area contributed by atoms with Gasteiger partial charge in [0.25, 0.3) is 0 Å². The smallest absolute Gasteiger partial charge is 0.243 e. The second-order valence-electron chi connectivity index (χ2n) is 7.14. The van der Waals surface area contributed by atoms with Crippen molar-refractivity contribution in [3.8, 4) is 11.5 Å². The van der Waals surface area contributed by atoms with Gasteiger partial charge in [0.2, 0.25) is 11.9 Å². The number of aromatic amines is 1. The first-order chi connectivity index (χ1) is 14.2. The predicted molar refractivity (Wildman–Crippen MR) is 108 cm³/mol. The highest BCUT2D eigenvalue weighted by Crippen LogP contribution is 2.25. The molecule has 9 heteroatoms. The Balaban J connectivity index is 1.50. The predicted octanol–water partition coefficient (Wildman–Crippen LogP) is 1.38. The lowest BCUT2D eigenvalue weighted by Gasteiger charge is -2.32. The molecule has 3 N–H and O–H groups in total. The first kappa shape index (κ1) is 19.1. The maximum atomic E-state index is 10.9. The zero-order valence-corrected chi connectivity index (χ0v) is 16.2. The number of nitrogens with two attached hydrogens (primary N) is 1. The van der Waals surface area contributed by atoms with Gasteiger partial charge in [-0.2, -0.15) is 5.10 Å². The van der Waals surface area contributed by atoms with Crippen LogP contribution in [0.25, 0.3) is 11.5 Å². The summed E-state index contributed by atoms with van der Waals surface area (Å²) in [6, 6.07) is 12.3. The summed E-state index contributed by atoms with van der Waals surface area (Å²) in [5.41, 5.74) is 7.28. The van der Waals surface area contributed by atoms with Crippen LogP contribution in [0.5, 0.6) is 0 Å². The minimum absolute atomic E-state index is 0.0259. The number of piperidine rings is 1. The third kappa shape index (κ3) is 4.62. The minimum atomic E-state index is -0.433. The van der Waals surface area contributed by atoms with Crippen LogP contribution in [0, 0.1) is 0 Å². The van der Waals surface area contributed by atoms with Crippen molar-refractivity contribution in [2.24, 2.45) is 5.73 Å². The Kier molecular flexibility index (Phi) is 5.85. The normalized spacial score (nSPS) is 15.0. The number of carbonyl (C=O) groups excluding carboxylic acids is 1. The van der Waals surface area contributed by atoms with Crippen LogP contribution in [0.2, 0.25) is 0 Å². The van der Waals surface area contributed by atoms with Gasteiger partial charge in [-0.05, 0) is 30.9 Å². The summed E-state index contributed by atoms with van der Waals surface area (Å²) in [7, 11) is 0. The average Bonchev–Trinajstić information content (AvgIpc) is 3.41. The van der Waals surface area contributed by atoms with Gasteiger partial charge in [0, 0.05) is 25.8 Å². The van der Waals surface area contributed by atoms with Gasteiger partial charge in [-0.15, -0.1) is 10.2 Å². The van der Waals surface area contributed by atoms with E-state index in [0.717, 1.165) is 56.4 Å². The van der Waals surface area contributed by atoms with E-state index >= 15 is 0 Å². The first-order valence-corrected chi connectivity index (χ1v) is 9.82. The molecule has 9 nitrogen and oxygen atoms in total. The lowest BCUT2D eigenvalue weighted by Crippen LogP contribution is -2.39. The van der Waals surface area contributed by atoms with Gasteiger partial charge >= 0.3 is 0 Å². The number of primary amides is 1.